The van der Waals surface area contributed by atoms with Crippen LogP contribution in [0.4, 0.5) is 0 Å². The summed E-state index contributed by atoms with van der Waals surface area (Å²) in [6.45, 7) is 6.64. The summed E-state index contributed by atoms with van der Waals surface area (Å²) in [7, 11) is 3.64. The van der Waals surface area contributed by atoms with Gasteiger partial charge in [0.15, 0.2) is 7.05 Å². The molecule has 2 nitrogen and oxygen atoms in total. The highest BCUT2D eigenvalue weighted by Crippen LogP contribution is 2.38. The Morgan fingerprint density at radius 3 is 2.57 bits per heavy atom. The van der Waals surface area contributed by atoms with Gasteiger partial charge >= 0.3 is 0 Å². The molecule has 0 amide bonds. The van der Waals surface area contributed by atoms with E-state index in [1.165, 1.54) is 33.4 Å². The Balaban J connectivity index is 1.99. The van der Waals surface area contributed by atoms with Crippen molar-refractivity contribution in [1.29, 1.82) is 0 Å². The summed E-state index contributed by atoms with van der Waals surface area (Å²) >= 11 is 0. The maximum absolute atomic E-state index is 5.30. The first kappa shape index (κ1) is 15.8. The summed E-state index contributed by atoms with van der Waals surface area (Å²) in [5.74, 6) is 0.693. The van der Waals surface area contributed by atoms with Crippen LogP contribution in [-0.4, -0.2) is 24.6 Å². The first-order chi connectivity index (χ1) is 11.0. The lowest BCUT2D eigenvalue weighted by Crippen LogP contribution is -2.14. The number of nitrogens with zero attached hydrogens (tertiary/aromatic N) is 1. The van der Waals surface area contributed by atoms with Gasteiger partial charge in [0, 0.05) is 12.5 Å². The van der Waals surface area contributed by atoms with Crippen LogP contribution in [0.3, 0.4) is 0 Å². The van der Waals surface area contributed by atoms with E-state index in [-0.39, 0.29) is 0 Å². The maximum atomic E-state index is 5.30. The van der Waals surface area contributed by atoms with Crippen molar-refractivity contribution in [1.82, 2.24) is 0 Å². The molecule has 0 aromatic heterocycles. The van der Waals surface area contributed by atoms with E-state index in [0.717, 1.165) is 18.6 Å². The lowest BCUT2D eigenvalue weighted by atomic mass is 9.97. The van der Waals surface area contributed by atoms with Gasteiger partial charge in [-0.25, -0.2) is 0 Å². The molecule has 0 bridgehead atoms. The van der Waals surface area contributed by atoms with Crippen LogP contribution in [0.25, 0.3) is 11.1 Å². The average Bonchev–Trinajstić information content (AvgIpc) is 2.89. The molecule has 0 radical (unpaired) electrons. The number of rotatable bonds is 4. The molecule has 0 saturated carbocycles. The number of fused-ring (bicyclic) bond motifs is 3. The molecule has 0 N–H and O–H groups in total. The quantitative estimate of drug-likeness (QED) is 0.393. The van der Waals surface area contributed by atoms with E-state index in [4.69, 9.17) is 4.84 Å². The van der Waals surface area contributed by atoms with Crippen molar-refractivity contribution in [2.24, 2.45) is 5.92 Å². The lowest BCUT2D eigenvalue weighted by Gasteiger charge is -2.08. The molecule has 0 saturated heterocycles. The van der Waals surface area contributed by atoms with E-state index in [1.807, 2.05) is 11.8 Å². The molecule has 1 aliphatic carbocycles. The van der Waals surface area contributed by atoms with Crippen LogP contribution < -0.4 is 0 Å². The van der Waals surface area contributed by atoms with E-state index in [0.29, 0.717) is 5.92 Å². The number of hydrogen-bond donors (Lipinski definition) is 0. The minimum absolute atomic E-state index is 0.693. The Morgan fingerprint density at radius 2 is 1.87 bits per heavy atom. The average molecular weight is 308 g/mol. The van der Waals surface area contributed by atoms with Crippen molar-refractivity contribution in [3.63, 3.8) is 0 Å². The smallest absolute Gasteiger partial charge is 0.231 e. The molecule has 0 heterocycles. The van der Waals surface area contributed by atoms with Crippen LogP contribution in [0.2, 0.25) is 0 Å². The molecule has 2 aromatic rings. The predicted molar refractivity (Wildman–Crippen MR) is 96.2 cm³/mol. The summed E-state index contributed by atoms with van der Waals surface area (Å²) in [6.07, 6.45) is 2.18. The highest BCUT2D eigenvalue weighted by Gasteiger charge is 2.21. The Kier molecular flexibility index (Phi) is 4.25. The molecule has 3 rings (SSSR count). The minimum atomic E-state index is 0.693. The van der Waals surface area contributed by atoms with E-state index in [1.54, 1.807) is 7.11 Å². The van der Waals surface area contributed by atoms with Crippen molar-refractivity contribution < 1.29 is 9.58 Å². The molecule has 0 atom stereocenters. The van der Waals surface area contributed by atoms with Crippen molar-refractivity contribution >= 4 is 5.71 Å². The normalized spacial score (nSPS) is 13.7. The van der Waals surface area contributed by atoms with Gasteiger partial charge in [-0.05, 0) is 63.4 Å². The van der Waals surface area contributed by atoms with Crippen LogP contribution in [0.15, 0.2) is 36.4 Å². The summed E-state index contributed by atoms with van der Waals surface area (Å²) in [5, 5.41) is 0. The van der Waals surface area contributed by atoms with Crippen LogP contribution in [-0.2, 0) is 17.7 Å². The molecule has 0 aliphatic heterocycles. The highest BCUT2D eigenvalue weighted by molar-refractivity contribution is 5.96. The highest BCUT2D eigenvalue weighted by atomic mass is 16.6. The summed E-state index contributed by atoms with van der Waals surface area (Å²) in [4.78, 5) is 5.30. The van der Waals surface area contributed by atoms with Crippen molar-refractivity contribution in [3.8, 4) is 11.1 Å². The molecular formula is C21H26NO+. The zero-order valence-electron chi connectivity index (χ0n) is 14.8. The molecule has 0 unspecified atom stereocenters. The zero-order chi connectivity index (χ0) is 16.6. The van der Waals surface area contributed by atoms with Gasteiger partial charge in [-0.1, -0.05) is 38.1 Å². The number of hydrogen-bond acceptors (Lipinski definition) is 1. The standard InChI is InChI=1S/C21H26NO/c1-14(2)10-16-6-7-18-13-19-12-17(15(3)22(4)23-5)8-9-20(19)21(18)11-16/h6-9,11-12,14H,10,13H2,1-5H3/q+1. The van der Waals surface area contributed by atoms with Gasteiger partial charge in [0.1, 0.15) is 7.11 Å². The molecular weight excluding hydrogens is 282 g/mol. The van der Waals surface area contributed by atoms with Gasteiger partial charge in [-0.15, -0.1) is 0 Å². The monoisotopic (exact) mass is 308 g/mol. The van der Waals surface area contributed by atoms with Gasteiger partial charge < -0.3 is 0 Å². The molecule has 0 spiro atoms. The molecule has 120 valence electrons. The molecule has 2 aromatic carbocycles. The third kappa shape index (κ3) is 3.03. The Morgan fingerprint density at radius 1 is 1.09 bits per heavy atom. The van der Waals surface area contributed by atoms with Crippen LogP contribution in [0.1, 0.15) is 43.0 Å². The molecule has 2 heteroatoms. The van der Waals surface area contributed by atoms with E-state index in [2.05, 4.69) is 57.2 Å². The molecule has 0 fully saturated rings. The van der Waals surface area contributed by atoms with Gasteiger partial charge in [-0.2, -0.15) is 0 Å². The summed E-state index contributed by atoms with van der Waals surface area (Å²) in [6, 6.07) is 13.8. The maximum Gasteiger partial charge on any atom is 0.231 e. The van der Waals surface area contributed by atoms with Crippen molar-refractivity contribution in [2.75, 3.05) is 14.2 Å². The van der Waals surface area contributed by atoms with Gasteiger partial charge in [0.05, 0.1) is 0 Å². The lowest BCUT2D eigenvalue weighted by molar-refractivity contribution is -0.760. The van der Waals surface area contributed by atoms with Crippen LogP contribution >= 0.6 is 0 Å². The van der Waals surface area contributed by atoms with Crippen molar-refractivity contribution in [2.45, 2.75) is 33.6 Å². The Bertz CT molecular complexity index is 771. The Labute approximate surface area is 139 Å². The van der Waals surface area contributed by atoms with E-state index < -0.39 is 0 Å². The Hall–Kier alpha value is -2.09. The predicted octanol–water partition coefficient (Wildman–Crippen LogP) is 4.47. The van der Waals surface area contributed by atoms with Gasteiger partial charge in [0.25, 0.3) is 0 Å². The second kappa shape index (κ2) is 6.19. The largest absolute Gasteiger partial charge is 0.280 e. The second-order valence-corrected chi connectivity index (χ2v) is 6.90. The van der Waals surface area contributed by atoms with Crippen LogP contribution in [0.5, 0.6) is 0 Å². The summed E-state index contributed by atoms with van der Waals surface area (Å²) < 4.78 is 1.81. The second-order valence-electron chi connectivity index (χ2n) is 6.90. The fourth-order valence-corrected chi connectivity index (χ4v) is 3.38. The minimum Gasteiger partial charge on any atom is -0.280 e. The topological polar surface area (TPSA) is 12.2 Å². The number of hydroxylamine groups is 1. The summed E-state index contributed by atoms with van der Waals surface area (Å²) in [5.41, 5.74) is 9.47. The third-order valence-corrected chi connectivity index (χ3v) is 4.76. The fourth-order valence-electron chi connectivity index (χ4n) is 3.38. The van der Waals surface area contributed by atoms with Crippen LogP contribution in [0, 0.1) is 5.92 Å². The molecule has 1 aliphatic rings. The van der Waals surface area contributed by atoms with Gasteiger partial charge in [-0.3, -0.25) is 4.84 Å². The zero-order valence-corrected chi connectivity index (χ0v) is 14.8. The third-order valence-electron chi connectivity index (χ3n) is 4.76. The van der Waals surface area contributed by atoms with E-state index >= 15 is 0 Å². The van der Waals surface area contributed by atoms with Crippen molar-refractivity contribution in [3.05, 3.63) is 58.7 Å². The fraction of sp³-hybridized carbons (Fsp3) is 0.381. The molecule has 23 heavy (non-hydrogen) atoms. The number of benzene rings is 2. The van der Waals surface area contributed by atoms with E-state index in [9.17, 15) is 0 Å². The SMILES string of the molecule is CO[N+](C)=C(C)c1ccc2c(c1)Cc1ccc(CC(C)C)cc1-2. The first-order valence-corrected chi connectivity index (χ1v) is 8.36. The first-order valence-electron chi connectivity index (χ1n) is 8.36. The van der Waals surface area contributed by atoms with Gasteiger partial charge in [0.2, 0.25) is 5.71 Å².